The smallest absolute Gasteiger partial charge is 0.320 e. The summed E-state index contributed by atoms with van der Waals surface area (Å²) in [5.74, 6) is -0.649. The Kier molecular flexibility index (Phi) is 5.73. The van der Waals surface area contributed by atoms with Gasteiger partial charge in [-0.3, -0.25) is 4.79 Å². The van der Waals surface area contributed by atoms with Crippen LogP contribution in [-0.4, -0.2) is 14.6 Å². The molecule has 0 saturated heterocycles. The number of carbonyl (C=O) groups is 1. The van der Waals surface area contributed by atoms with Crippen LogP contribution < -0.4 is 14.8 Å². The quantitative estimate of drug-likeness (QED) is 0.423. The molecule has 0 amide bonds. The molecular formula is C23H22ClFO2Si. The van der Waals surface area contributed by atoms with Gasteiger partial charge in [-0.05, 0) is 27.5 Å². The highest BCUT2D eigenvalue weighted by atomic mass is 35.5. The van der Waals surface area contributed by atoms with Gasteiger partial charge >= 0.3 is 8.32 Å². The van der Waals surface area contributed by atoms with Crippen molar-refractivity contribution < 1.29 is 13.6 Å². The Bertz CT molecular complexity index is 930. The standard InChI is InChI=1S/C23H22ClFO2Si/c1-23(2,3)28(18-10-6-4-7-11-18,19-12-8-5-9-13-19)27-22-20(25)15-14-17(16-26)21(22)24/h4-16H,1-3H3. The third-order valence-electron chi connectivity index (χ3n) is 4.88. The molecule has 0 aromatic heterocycles. The minimum atomic E-state index is -3.03. The predicted octanol–water partition coefficient (Wildman–Crippen LogP) is 5.23. The van der Waals surface area contributed by atoms with Crippen molar-refractivity contribution in [3.63, 3.8) is 0 Å². The predicted molar refractivity (Wildman–Crippen MR) is 115 cm³/mol. The summed E-state index contributed by atoms with van der Waals surface area (Å²) < 4.78 is 21.4. The Labute approximate surface area is 171 Å². The van der Waals surface area contributed by atoms with Crippen molar-refractivity contribution in [2.75, 3.05) is 0 Å². The number of hydrogen-bond acceptors (Lipinski definition) is 2. The van der Waals surface area contributed by atoms with E-state index < -0.39 is 14.1 Å². The highest BCUT2D eigenvalue weighted by Crippen LogP contribution is 2.40. The molecule has 0 heterocycles. The van der Waals surface area contributed by atoms with Gasteiger partial charge < -0.3 is 4.43 Å². The first-order valence-corrected chi connectivity index (χ1v) is 11.3. The van der Waals surface area contributed by atoms with Gasteiger partial charge in [-0.2, -0.15) is 0 Å². The molecule has 3 aromatic rings. The lowest BCUT2D eigenvalue weighted by molar-refractivity contribution is 0.112. The van der Waals surface area contributed by atoms with Crippen LogP contribution in [0.15, 0.2) is 72.8 Å². The molecule has 5 heteroatoms. The Hall–Kier alpha value is -2.43. The first kappa shape index (κ1) is 20.3. The third kappa shape index (κ3) is 3.50. The number of rotatable bonds is 5. The van der Waals surface area contributed by atoms with Gasteiger partial charge in [0.1, 0.15) is 0 Å². The lowest BCUT2D eigenvalue weighted by atomic mass is 10.2. The van der Waals surface area contributed by atoms with Crippen molar-refractivity contribution in [3.8, 4) is 5.75 Å². The molecule has 0 atom stereocenters. The molecule has 0 aliphatic heterocycles. The number of carbonyl (C=O) groups excluding carboxylic acids is 1. The van der Waals surface area contributed by atoms with Crippen LogP contribution in [0, 0.1) is 5.82 Å². The zero-order valence-electron chi connectivity index (χ0n) is 16.1. The summed E-state index contributed by atoms with van der Waals surface area (Å²) in [5.41, 5.74) is 0.205. The minimum absolute atomic E-state index is 0.00277. The van der Waals surface area contributed by atoms with E-state index in [1.54, 1.807) is 0 Å². The van der Waals surface area contributed by atoms with E-state index in [1.807, 2.05) is 60.7 Å². The molecule has 0 N–H and O–H groups in total. The number of hydrogen-bond donors (Lipinski definition) is 0. The van der Waals surface area contributed by atoms with Gasteiger partial charge in [0.15, 0.2) is 17.9 Å². The lowest BCUT2D eigenvalue weighted by Gasteiger charge is -2.43. The number of aldehydes is 1. The first-order valence-electron chi connectivity index (χ1n) is 9.04. The summed E-state index contributed by atoms with van der Waals surface area (Å²) in [6.07, 6.45) is 0.611. The molecule has 0 bridgehead atoms. The van der Waals surface area contributed by atoms with Gasteiger partial charge in [-0.15, -0.1) is 0 Å². The molecule has 0 aliphatic rings. The van der Waals surface area contributed by atoms with Crippen molar-refractivity contribution in [2.45, 2.75) is 25.8 Å². The summed E-state index contributed by atoms with van der Waals surface area (Å²) in [6.45, 7) is 6.28. The van der Waals surface area contributed by atoms with Crippen LogP contribution in [0.1, 0.15) is 31.1 Å². The molecule has 3 aromatic carbocycles. The van der Waals surface area contributed by atoms with Crippen LogP contribution >= 0.6 is 11.6 Å². The Morgan fingerprint density at radius 3 is 1.82 bits per heavy atom. The molecule has 0 spiro atoms. The number of benzene rings is 3. The molecule has 3 rings (SSSR count). The van der Waals surface area contributed by atoms with E-state index in [2.05, 4.69) is 20.8 Å². The van der Waals surface area contributed by atoms with Crippen molar-refractivity contribution >= 4 is 36.6 Å². The average molecular weight is 413 g/mol. The van der Waals surface area contributed by atoms with Crippen LogP contribution in [0.5, 0.6) is 5.75 Å². The second-order valence-electron chi connectivity index (χ2n) is 7.66. The van der Waals surface area contributed by atoms with Gasteiger partial charge in [0.25, 0.3) is 0 Å². The second kappa shape index (κ2) is 7.90. The monoisotopic (exact) mass is 412 g/mol. The highest BCUT2D eigenvalue weighted by molar-refractivity contribution is 7.00. The van der Waals surface area contributed by atoms with E-state index in [0.29, 0.717) is 6.29 Å². The van der Waals surface area contributed by atoms with Gasteiger partial charge in [-0.1, -0.05) is 93.0 Å². The Morgan fingerprint density at radius 1 is 0.893 bits per heavy atom. The summed E-state index contributed by atoms with van der Waals surface area (Å²) in [5, 5.41) is 1.66. The van der Waals surface area contributed by atoms with Gasteiger partial charge in [0.2, 0.25) is 0 Å². The largest absolute Gasteiger partial charge is 0.531 e. The van der Waals surface area contributed by atoms with Crippen LogP contribution in [0.3, 0.4) is 0 Å². The van der Waals surface area contributed by atoms with Gasteiger partial charge in [-0.25, -0.2) is 4.39 Å². The molecule has 0 fully saturated rings. The fourth-order valence-electron chi connectivity index (χ4n) is 3.53. The minimum Gasteiger partial charge on any atom is -0.531 e. The van der Waals surface area contributed by atoms with Gasteiger partial charge in [0, 0.05) is 5.56 Å². The zero-order chi connectivity index (χ0) is 20.4. The maximum absolute atomic E-state index is 14.8. The normalized spacial score (nSPS) is 11.9. The van der Waals surface area contributed by atoms with E-state index in [4.69, 9.17) is 16.0 Å². The highest BCUT2D eigenvalue weighted by Gasteiger charge is 2.52. The average Bonchev–Trinajstić information content (AvgIpc) is 2.69. The van der Waals surface area contributed by atoms with Gasteiger partial charge in [0.05, 0.1) is 5.02 Å². The molecule has 144 valence electrons. The fraction of sp³-hybridized carbons (Fsp3) is 0.174. The summed E-state index contributed by atoms with van der Waals surface area (Å²) >= 11 is 6.37. The number of halogens is 2. The molecular weight excluding hydrogens is 391 g/mol. The molecule has 0 unspecified atom stereocenters. The third-order valence-corrected chi connectivity index (χ3v) is 10.2. The summed E-state index contributed by atoms with van der Waals surface area (Å²) in [6, 6.07) is 22.3. The van der Waals surface area contributed by atoms with E-state index in [1.165, 1.54) is 12.1 Å². The maximum atomic E-state index is 14.8. The molecule has 28 heavy (non-hydrogen) atoms. The summed E-state index contributed by atoms with van der Waals surface area (Å²) in [4.78, 5) is 11.3. The van der Waals surface area contributed by atoms with Crippen LogP contribution in [-0.2, 0) is 0 Å². The topological polar surface area (TPSA) is 26.3 Å². The Morgan fingerprint density at radius 2 is 1.39 bits per heavy atom. The maximum Gasteiger partial charge on any atom is 0.320 e. The lowest BCUT2D eigenvalue weighted by Crippen LogP contribution is -2.69. The van der Waals surface area contributed by atoms with Crippen LogP contribution in [0.4, 0.5) is 4.39 Å². The van der Waals surface area contributed by atoms with E-state index in [9.17, 15) is 9.18 Å². The molecule has 0 saturated carbocycles. The zero-order valence-corrected chi connectivity index (χ0v) is 17.8. The van der Waals surface area contributed by atoms with E-state index >= 15 is 0 Å². The van der Waals surface area contributed by atoms with Crippen molar-refractivity contribution in [1.29, 1.82) is 0 Å². The van der Waals surface area contributed by atoms with E-state index in [0.717, 1.165) is 10.4 Å². The fourth-order valence-corrected chi connectivity index (χ4v) is 8.27. The van der Waals surface area contributed by atoms with Crippen LogP contribution in [0.2, 0.25) is 10.1 Å². The Balaban J connectivity index is 2.34. The molecule has 2 nitrogen and oxygen atoms in total. The second-order valence-corrected chi connectivity index (χ2v) is 12.3. The van der Waals surface area contributed by atoms with Crippen molar-refractivity contribution in [1.82, 2.24) is 0 Å². The van der Waals surface area contributed by atoms with E-state index in [-0.39, 0.29) is 21.4 Å². The molecule has 0 aliphatic carbocycles. The van der Waals surface area contributed by atoms with Crippen molar-refractivity contribution in [2.24, 2.45) is 0 Å². The summed E-state index contributed by atoms with van der Waals surface area (Å²) in [7, 11) is -3.03. The van der Waals surface area contributed by atoms with Crippen LogP contribution in [0.25, 0.3) is 0 Å². The van der Waals surface area contributed by atoms with Crippen molar-refractivity contribution in [3.05, 3.63) is 89.2 Å². The SMILES string of the molecule is CC(C)(C)[Si](Oc1c(F)ccc(C=O)c1Cl)(c1ccccc1)c1ccccc1. The molecule has 0 radical (unpaired) electrons. The first-order chi connectivity index (χ1) is 13.3.